The number of hydrogen-bond acceptors (Lipinski definition) is 2. The lowest BCUT2D eigenvalue weighted by Gasteiger charge is -2.23. The Morgan fingerprint density at radius 1 is 1.40 bits per heavy atom. The molecule has 0 fully saturated rings. The summed E-state index contributed by atoms with van der Waals surface area (Å²) >= 11 is 9.12. The molecule has 0 radical (unpaired) electrons. The van der Waals surface area contributed by atoms with Gasteiger partial charge < -0.3 is 9.30 Å². The van der Waals surface area contributed by atoms with Crippen molar-refractivity contribution in [3.63, 3.8) is 0 Å². The molecule has 1 atom stereocenters. The SMILES string of the molecule is Cn1cc(Cl)cc(OC(F)F)/c1=N/C1CCCc2c1ccc(Br)c2F. The van der Waals surface area contributed by atoms with Gasteiger partial charge in [-0.05, 0) is 52.4 Å². The zero-order valence-corrected chi connectivity index (χ0v) is 15.6. The van der Waals surface area contributed by atoms with Crippen LogP contribution in [-0.4, -0.2) is 11.2 Å². The average Bonchev–Trinajstić information content (AvgIpc) is 2.54. The molecule has 3 nitrogen and oxygen atoms in total. The van der Waals surface area contributed by atoms with Gasteiger partial charge in [0, 0.05) is 19.3 Å². The number of aryl methyl sites for hydroxylation is 1. The van der Waals surface area contributed by atoms with E-state index in [0.29, 0.717) is 22.9 Å². The van der Waals surface area contributed by atoms with Crippen molar-refractivity contribution in [3.8, 4) is 5.75 Å². The Morgan fingerprint density at radius 2 is 2.16 bits per heavy atom. The molecule has 0 bridgehead atoms. The predicted molar refractivity (Wildman–Crippen MR) is 92.4 cm³/mol. The molecule has 0 aliphatic heterocycles. The van der Waals surface area contributed by atoms with Gasteiger partial charge in [-0.2, -0.15) is 8.78 Å². The molecule has 25 heavy (non-hydrogen) atoms. The highest BCUT2D eigenvalue weighted by atomic mass is 79.9. The molecule has 1 unspecified atom stereocenters. The lowest BCUT2D eigenvalue weighted by molar-refractivity contribution is -0.0513. The number of aromatic nitrogens is 1. The van der Waals surface area contributed by atoms with Crippen LogP contribution in [0.1, 0.15) is 30.0 Å². The topological polar surface area (TPSA) is 26.5 Å². The maximum Gasteiger partial charge on any atom is 0.387 e. The molecule has 2 aromatic rings. The number of fused-ring (bicyclic) bond motifs is 1. The zero-order valence-electron chi connectivity index (χ0n) is 13.3. The third-order valence-corrected chi connectivity index (χ3v) is 4.95. The Hall–Kier alpha value is -1.47. The first-order chi connectivity index (χ1) is 11.9. The highest BCUT2D eigenvalue weighted by Crippen LogP contribution is 2.36. The summed E-state index contributed by atoms with van der Waals surface area (Å²) in [6, 6.07) is 4.43. The third kappa shape index (κ3) is 3.87. The van der Waals surface area contributed by atoms with Gasteiger partial charge in [-0.25, -0.2) is 4.39 Å². The Labute approximate surface area is 156 Å². The second-order valence-electron chi connectivity index (χ2n) is 5.80. The maximum atomic E-state index is 14.3. The van der Waals surface area contributed by atoms with Gasteiger partial charge >= 0.3 is 6.61 Å². The van der Waals surface area contributed by atoms with Gasteiger partial charge in [0.15, 0.2) is 11.2 Å². The van der Waals surface area contributed by atoms with Crippen LogP contribution in [0.25, 0.3) is 0 Å². The molecule has 0 saturated carbocycles. The minimum absolute atomic E-state index is 0.102. The molecule has 8 heteroatoms. The molecule has 134 valence electrons. The quantitative estimate of drug-likeness (QED) is 0.654. The number of benzene rings is 1. The summed E-state index contributed by atoms with van der Waals surface area (Å²) in [5.41, 5.74) is 1.62. The molecular formula is C17H15BrClF3N2O. The summed E-state index contributed by atoms with van der Waals surface area (Å²) in [6.07, 6.45) is 3.64. The number of rotatable bonds is 3. The van der Waals surface area contributed by atoms with E-state index in [9.17, 15) is 13.2 Å². The van der Waals surface area contributed by atoms with Gasteiger partial charge in [0.05, 0.1) is 15.5 Å². The normalized spacial score (nSPS) is 17.7. The Kier molecular flexibility index (Phi) is 5.43. The Balaban J connectivity index is 2.13. The molecule has 1 aromatic heterocycles. The van der Waals surface area contributed by atoms with Gasteiger partial charge in [0.1, 0.15) is 5.82 Å². The van der Waals surface area contributed by atoms with E-state index >= 15 is 0 Å². The van der Waals surface area contributed by atoms with Crippen LogP contribution >= 0.6 is 27.5 Å². The highest BCUT2D eigenvalue weighted by Gasteiger charge is 2.24. The fraction of sp³-hybridized carbons (Fsp3) is 0.353. The van der Waals surface area contributed by atoms with Crippen LogP contribution in [-0.2, 0) is 13.5 Å². The van der Waals surface area contributed by atoms with Crippen molar-refractivity contribution in [2.75, 3.05) is 0 Å². The Morgan fingerprint density at radius 3 is 2.88 bits per heavy atom. The van der Waals surface area contributed by atoms with Crippen LogP contribution in [0.4, 0.5) is 13.2 Å². The first kappa shape index (κ1) is 18.3. The second kappa shape index (κ2) is 7.41. The number of pyridine rings is 1. The number of halogens is 5. The first-order valence-electron chi connectivity index (χ1n) is 7.68. The van der Waals surface area contributed by atoms with Crippen LogP contribution in [0.3, 0.4) is 0 Å². The molecule has 3 rings (SSSR count). The number of hydrogen-bond donors (Lipinski definition) is 0. The minimum atomic E-state index is -2.99. The summed E-state index contributed by atoms with van der Waals surface area (Å²) in [6.45, 7) is -2.99. The van der Waals surface area contributed by atoms with Crippen molar-refractivity contribution < 1.29 is 17.9 Å². The first-order valence-corrected chi connectivity index (χ1v) is 8.85. The summed E-state index contributed by atoms with van der Waals surface area (Å²) in [5, 5.41) is 0.260. The van der Waals surface area contributed by atoms with Crippen LogP contribution in [0.5, 0.6) is 5.75 Å². The summed E-state index contributed by atoms with van der Waals surface area (Å²) < 4.78 is 46.3. The number of ether oxygens (including phenoxy) is 1. The summed E-state index contributed by atoms with van der Waals surface area (Å²) in [4.78, 5) is 4.59. The van der Waals surface area contributed by atoms with Crippen molar-refractivity contribution in [3.05, 3.63) is 56.3 Å². The van der Waals surface area contributed by atoms with Crippen molar-refractivity contribution >= 4 is 27.5 Å². The predicted octanol–water partition coefficient (Wildman–Crippen LogP) is 5.16. The highest BCUT2D eigenvalue weighted by molar-refractivity contribution is 9.10. The molecule has 0 amide bonds. The van der Waals surface area contributed by atoms with E-state index in [0.717, 1.165) is 12.0 Å². The average molecular weight is 436 g/mol. The lowest BCUT2D eigenvalue weighted by atomic mass is 9.87. The van der Waals surface area contributed by atoms with E-state index < -0.39 is 6.61 Å². The van der Waals surface area contributed by atoms with E-state index in [4.69, 9.17) is 11.6 Å². The fourth-order valence-electron chi connectivity index (χ4n) is 3.07. The fourth-order valence-corrected chi connectivity index (χ4v) is 3.68. The smallest absolute Gasteiger partial charge is 0.387 e. The van der Waals surface area contributed by atoms with Gasteiger partial charge in [0.25, 0.3) is 0 Å². The molecule has 0 saturated heterocycles. The van der Waals surface area contributed by atoms with E-state index in [1.165, 1.54) is 10.6 Å². The number of nitrogens with zero attached hydrogens (tertiary/aromatic N) is 2. The standard InChI is InChI=1S/C17H15BrClF3N2O/c1-24-8-9(19)7-14(25-17(21)22)16(24)23-13-4-2-3-11-10(13)5-6-12(18)15(11)20/h5-8,13,17H,2-4H2,1H3/b23-16-. The van der Waals surface area contributed by atoms with E-state index in [1.54, 1.807) is 19.3 Å². The van der Waals surface area contributed by atoms with Gasteiger partial charge in [-0.3, -0.25) is 4.99 Å². The van der Waals surface area contributed by atoms with Crippen LogP contribution < -0.4 is 10.2 Å². The molecule has 0 spiro atoms. The van der Waals surface area contributed by atoms with Crippen LogP contribution in [0.2, 0.25) is 5.02 Å². The van der Waals surface area contributed by atoms with Crippen molar-refractivity contribution in [1.29, 1.82) is 0 Å². The molecule has 1 aliphatic carbocycles. The summed E-state index contributed by atoms with van der Waals surface area (Å²) in [5.74, 6) is -0.392. The largest absolute Gasteiger partial charge is 0.431 e. The van der Waals surface area contributed by atoms with Crippen molar-refractivity contribution in [2.45, 2.75) is 31.9 Å². The van der Waals surface area contributed by atoms with E-state index in [2.05, 4.69) is 25.7 Å². The third-order valence-electron chi connectivity index (χ3n) is 4.13. The van der Waals surface area contributed by atoms with Gasteiger partial charge in [-0.15, -0.1) is 0 Å². The van der Waals surface area contributed by atoms with Crippen LogP contribution in [0.15, 0.2) is 33.9 Å². The summed E-state index contributed by atoms with van der Waals surface area (Å²) in [7, 11) is 1.65. The molecular weight excluding hydrogens is 421 g/mol. The number of alkyl halides is 2. The lowest BCUT2D eigenvalue weighted by Crippen LogP contribution is -2.24. The Bertz CT molecular complexity index is 870. The monoisotopic (exact) mass is 434 g/mol. The van der Waals surface area contributed by atoms with Crippen LogP contribution in [0, 0.1) is 5.82 Å². The minimum Gasteiger partial charge on any atom is -0.431 e. The maximum absolute atomic E-state index is 14.3. The van der Waals surface area contributed by atoms with Crippen molar-refractivity contribution in [2.24, 2.45) is 12.0 Å². The second-order valence-corrected chi connectivity index (χ2v) is 7.09. The zero-order chi connectivity index (χ0) is 18.1. The van der Waals surface area contributed by atoms with Gasteiger partial charge in [0.2, 0.25) is 0 Å². The molecule has 1 aromatic carbocycles. The molecule has 1 heterocycles. The van der Waals surface area contributed by atoms with E-state index in [1.807, 2.05) is 6.07 Å². The molecule has 1 aliphatic rings. The van der Waals surface area contributed by atoms with Gasteiger partial charge in [-0.1, -0.05) is 17.7 Å². The molecule has 0 N–H and O–H groups in total. The van der Waals surface area contributed by atoms with Crippen molar-refractivity contribution in [1.82, 2.24) is 4.57 Å². The van der Waals surface area contributed by atoms with E-state index in [-0.39, 0.29) is 28.1 Å².